The summed E-state index contributed by atoms with van der Waals surface area (Å²) in [5, 5.41) is 5.11. The molecule has 4 amide bonds. The highest BCUT2D eigenvalue weighted by molar-refractivity contribution is 6.16. The Hall–Kier alpha value is -5.75. The van der Waals surface area contributed by atoms with E-state index in [4.69, 9.17) is 14.9 Å². The molecule has 0 fully saturated rings. The van der Waals surface area contributed by atoms with Crippen LogP contribution in [0, 0.1) is 13.8 Å². The molecular formula is C34H33N5O7. The Bertz CT molecular complexity index is 1820. The number of fused-ring (bicyclic) bond motifs is 1. The molecule has 4 aromatic rings. The van der Waals surface area contributed by atoms with Crippen LogP contribution in [0.3, 0.4) is 0 Å². The zero-order chi connectivity index (χ0) is 33.0. The number of hydrogen-bond acceptors (Lipinski definition) is 8. The highest BCUT2D eigenvalue weighted by atomic mass is 16.5. The molecule has 12 heteroatoms. The molecule has 1 unspecified atom stereocenters. The topological polar surface area (TPSA) is 164 Å². The van der Waals surface area contributed by atoms with Gasteiger partial charge in [0.05, 0.1) is 42.9 Å². The molecular weight excluding hydrogens is 590 g/mol. The van der Waals surface area contributed by atoms with E-state index in [9.17, 15) is 24.0 Å². The van der Waals surface area contributed by atoms with Crippen LogP contribution >= 0.6 is 0 Å². The number of rotatable bonds is 8. The van der Waals surface area contributed by atoms with E-state index in [0.29, 0.717) is 5.56 Å². The van der Waals surface area contributed by atoms with Gasteiger partial charge in [-0.1, -0.05) is 36.4 Å². The van der Waals surface area contributed by atoms with E-state index in [1.54, 1.807) is 74.5 Å². The normalized spacial score (nSPS) is 15.9. The summed E-state index contributed by atoms with van der Waals surface area (Å²) in [4.78, 5) is 69.9. The van der Waals surface area contributed by atoms with Crippen LogP contribution in [0.15, 0.2) is 89.5 Å². The lowest BCUT2D eigenvalue weighted by atomic mass is 10.0. The maximum atomic E-state index is 14.4. The van der Waals surface area contributed by atoms with Crippen molar-refractivity contribution < 1.29 is 33.1 Å². The minimum atomic E-state index is -2.23. The van der Waals surface area contributed by atoms with E-state index < -0.39 is 42.6 Å². The minimum Gasteiger partial charge on any atom is -0.462 e. The fraction of sp³-hybridized carbons (Fsp3) is 0.206. The SMILES string of the molecule is CCOC(=O)c1cccc(NC(=O)NC2(N)CN(C(=O)c3ccco3)c3ccc(C)cc3N(CC(=O)c3ccccc3C)C2=O)c1. The van der Waals surface area contributed by atoms with Crippen LogP contribution in [0.4, 0.5) is 21.9 Å². The largest absolute Gasteiger partial charge is 0.462 e. The summed E-state index contributed by atoms with van der Waals surface area (Å²) in [5.41, 5.74) is 7.35. The Labute approximate surface area is 265 Å². The van der Waals surface area contributed by atoms with Crippen molar-refractivity contribution >= 4 is 46.7 Å². The number of esters is 1. The van der Waals surface area contributed by atoms with Gasteiger partial charge < -0.3 is 19.8 Å². The van der Waals surface area contributed by atoms with Crippen molar-refractivity contribution in [3.05, 3.63) is 113 Å². The van der Waals surface area contributed by atoms with Crippen molar-refractivity contribution in [1.29, 1.82) is 0 Å². The molecule has 2 heterocycles. The Balaban J connectivity index is 1.54. The van der Waals surface area contributed by atoms with Crippen LogP contribution in [-0.4, -0.2) is 55.0 Å². The van der Waals surface area contributed by atoms with Gasteiger partial charge in [-0.15, -0.1) is 0 Å². The van der Waals surface area contributed by atoms with Crippen molar-refractivity contribution in [2.24, 2.45) is 5.73 Å². The molecule has 46 heavy (non-hydrogen) atoms. The smallest absolute Gasteiger partial charge is 0.338 e. The summed E-state index contributed by atoms with van der Waals surface area (Å²) in [6.07, 6.45) is 1.34. The van der Waals surface area contributed by atoms with Crippen LogP contribution in [-0.2, 0) is 9.53 Å². The van der Waals surface area contributed by atoms with Gasteiger partial charge in [0, 0.05) is 11.3 Å². The second-order valence-corrected chi connectivity index (χ2v) is 10.8. The lowest BCUT2D eigenvalue weighted by Gasteiger charge is -2.33. The average Bonchev–Trinajstić information content (AvgIpc) is 3.55. The Morgan fingerprint density at radius 3 is 2.46 bits per heavy atom. The summed E-state index contributed by atoms with van der Waals surface area (Å²) < 4.78 is 10.4. The molecule has 5 rings (SSSR count). The average molecular weight is 624 g/mol. The van der Waals surface area contributed by atoms with Crippen molar-refractivity contribution in [2.45, 2.75) is 26.4 Å². The standard InChI is InChI=1S/C34H33N5O7/c1-4-45-31(42)23-10-7-11-24(18-23)36-33(44)37-34(35)20-39(30(41)29-13-8-16-46-29)26-15-14-21(2)17-27(26)38(32(34)43)19-28(40)25-12-6-5-9-22(25)3/h5-18H,4,19-20,35H2,1-3H3,(H2,36,37,44). The summed E-state index contributed by atoms with van der Waals surface area (Å²) >= 11 is 0. The van der Waals surface area contributed by atoms with Crippen molar-refractivity contribution in [1.82, 2.24) is 5.32 Å². The molecule has 0 spiro atoms. The van der Waals surface area contributed by atoms with Gasteiger partial charge in [-0.25, -0.2) is 9.59 Å². The van der Waals surface area contributed by atoms with Gasteiger partial charge in [0.15, 0.2) is 17.2 Å². The number of furan rings is 1. The van der Waals surface area contributed by atoms with Gasteiger partial charge in [0.2, 0.25) is 0 Å². The maximum absolute atomic E-state index is 14.4. The third-order valence-corrected chi connectivity index (χ3v) is 7.44. The number of nitrogens with one attached hydrogen (secondary N) is 2. The van der Waals surface area contributed by atoms with E-state index >= 15 is 0 Å². The molecule has 1 aliphatic rings. The summed E-state index contributed by atoms with van der Waals surface area (Å²) in [5.74, 6) is -2.41. The van der Waals surface area contributed by atoms with Crippen molar-refractivity contribution in [3.8, 4) is 0 Å². The molecule has 4 N–H and O–H groups in total. The molecule has 1 atom stereocenters. The Kier molecular flexibility index (Phi) is 9.01. The van der Waals surface area contributed by atoms with Crippen LogP contribution < -0.4 is 26.2 Å². The van der Waals surface area contributed by atoms with Crippen LogP contribution in [0.25, 0.3) is 0 Å². The lowest BCUT2D eigenvalue weighted by molar-refractivity contribution is -0.123. The number of ketones is 1. The van der Waals surface area contributed by atoms with Gasteiger partial charge in [-0.05, 0) is 74.4 Å². The number of Topliss-reactive ketones (excluding diaryl/α,β-unsaturated/α-hetero) is 1. The highest BCUT2D eigenvalue weighted by Gasteiger charge is 2.47. The van der Waals surface area contributed by atoms with Crippen molar-refractivity contribution in [2.75, 3.05) is 34.8 Å². The maximum Gasteiger partial charge on any atom is 0.338 e. The van der Waals surface area contributed by atoms with Gasteiger partial charge in [-0.3, -0.25) is 29.9 Å². The number of hydrogen-bond donors (Lipinski definition) is 3. The van der Waals surface area contributed by atoms with Gasteiger partial charge in [0.25, 0.3) is 11.8 Å². The number of benzene rings is 3. The van der Waals surface area contributed by atoms with E-state index in [1.165, 1.54) is 34.3 Å². The number of anilines is 3. The number of nitrogens with zero attached hydrogens (tertiary/aromatic N) is 2. The zero-order valence-electron chi connectivity index (χ0n) is 25.5. The molecule has 1 aliphatic heterocycles. The van der Waals surface area contributed by atoms with Gasteiger partial charge in [-0.2, -0.15) is 0 Å². The van der Waals surface area contributed by atoms with Gasteiger partial charge >= 0.3 is 12.0 Å². The van der Waals surface area contributed by atoms with Crippen LogP contribution in [0.5, 0.6) is 0 Å². The zero-order valence-corrected chi connectivity index (χ0v) is 25.5. The predicted molar refractivity (Wildman–Crippen MR) is 171 cm³/mol. The first-order valence-corrected chi connectivity index (χ1v) is 14.5. The fourth-order valence-corrected chi connectivity index (χ4v) is 5.21. The molecule has 0 aliphatic carbocycles. The first kappa shape index (κ1) is 31.7. The van der Waals surface area contributed by atoms with Gasteiger partial charge in [0.1, 0.15) is 0 Å². The second-order valence-electron chi connectivity index (χ2n) is 10.8. The lowest BCUT2D eigenvalue weighted by Crippen LogP contribution is -2.70. The van der Waals surface area contributed by atoms with Crippen LogP contribution in [0.1, 0.15) is 49.3 Å². The molecule has 0 radical (unpaired) electrons. The molecule has 12 nitrogen and oxygen atoms in total. The van der Waals surface area contributed by atoms with E-state index in [-0.39, 0.29) is 40.8 Å². The fourth-order valence-electron chi connectivity index (χ4n) is 5.21. The first-order chi connectivity index (χ1) is 22.0. The number of carbonyl (C=O) groups excluding carboxylic acids is 5. The first-order valence-electron chi connectivity index (χ1n) is 14.5. The monoisotopic (exact) mass is 623 g/mol. The molecule has 0 bridgehead atoms. The summed E-state index contributed by atoms with van der Waals surface area (Å²) in [7, 11) is 0. The van der Waals surface area contributed by atoms with E-state index in [0.717, 1.165) is 11.1 Å². The quantitative estimate of drug-likeness (QED) is 0.147. The molecule has 0 saturated heterocycles. The number of nitrogens with two attached hydrogens (primary N) is 1. The summed E-state index contributed by atoms with van der Waals surface area (Å²) in [6, 6.07) is 20.2. The molecule has 0 saturated carbocycles. The molecule has 1 aromatic heterocycles. The number of aryl methyl sites for hydroxylation is 2. The molecule has 236 valence electrons. The number of urea groups is 1. The van der Waals surface area contributed by atoms with E-state index in [1.807, 2.05) is 6.92 Å². The summed E-state index contributed by atoms with van der Waals surface area (Å²) in [6.45, 7) is 4.51. The number of amides is 4. The Morgan fingerprint density at radius 2 is 1.74 bits per heavy atom. The predicted octanol–water partition coefficient (Wildman–Crippen LogP) is 4.43. The van der Waals surface area contributed by atoms with Crippen LogP contribution in [0.2, 0.25) is 0 Å². The highest BCUT2D eigenvalue weighted by Crippen LogP contribution is 2.36. The molecule has 3 aromatic carbocycles. The second kappa shape index (κ2) is 13.1. The Morgan fingerprint density at radius 1 is 0.957 bits per heavy atom. The minimum absolute atomic E-state index is 0.0222. The third kappa shape index (κ3) is 6.52. The van der Waals surface area contributed by atoms with E-state index in [2.05, 4.69) is 10.6 Å². The number of ether oxygens (including phenoxy) is 1. The van der Waals surface area contributed by atoms with Crippen molar-refractivity contribution in [3.63, 3.8) is 0 Å². The number of carbonyl (C=O) groups is 5. The third-order valence-electron chi connectivity index (χ3n) is 7.44.